The Balaban J connectivity index is -0.000000493. The first kappa shape index (κ1) is 37.1. The molecule has 0 heterocycles. The fraction of sp³-hybridized carbons (Fsp3) is 1.00. The Hall–Kier alpha value is 1.49. The molecule has 0 saturated heterocycles. The van der Waals surface area contributed by atoms with E-state index in [9.17, 15) is 10.2 Å². The molecule has 0 radical (unpaired) electrons. The third-order valence-corrected chi connectivity index (χ3v) is 10.4. The van der Waals surface area contributed by atoms with Crippen molar-refractivity contribution in [3.05, 3.63) is 0 Å². The van der Waals surface area contributed by atoms with Crippen LogP contribution in [0.5, 0.6) is 0 Å². The van der Waals surface area contributed by atoms with E-state index in [0.29, 0.717) is 16.2 Å². The van der Waals surface area contributed by atoms with Gasteiger partial charge in [0.05, 0.1) is 0 Å². The molecule has 1 rings (SSSR count). The predicted molar refractivity (Wildman–Crippen MR) is 141 cm³/mol. The number of rotatable bonds is 3. The van der Waals surface area contributed by atoms with E-state index >= 15 is 0 Å². The Morgan fingerprint density at radius 2 is 1.10 bits per heavy atom. The van der Waals surface area contributed by atoms with E-state index in [-0.39, 0.29) is 0 Å². The van der Waals surface area contributed by atoms with Gasteiger partial charge in [0.25, 0.3) is 0 Å². The molecule has 31 heavy (non-hydrogen) atoms. The fourth-order valence-corrected chi connectivity index (χ4v) is 6.16. The van der Waals surface area contributed by atoms with Crippen molar-refractivity contribution in [2.75, 3.05) is 0 Å². The zero-order valence-electron chi connectivity index (χ0n) is 23.5. The summed E-state index contributed by atoms with van der Waals surface area (Å²) in [7, 11) is 1.16. The van der Waals surface area contributed by atoms with Gasteiger partial charge in [-0.05, 0) is 46.8 Å². The van der Waals surface area contributed by atoms with Gasteiger partial charge in [-0.15, -0.1) is 20.8 Å². The van der Waals surface area contributed by atoms with Crippen LogP contribution < -0.4 is 10.2 Å². The average molecular weight is 512 g/mol. The van der Waals surface area contributed by atoms with Gasteiger partial charge in [0.15, 0.2) is 0 Å². The van der Waals surface area contributed by atoms with Gasteiger partial charge in [-0.2, -0.15) is 0 Å². The summed E-state index contributed by atoms with van der Waals surface area (Å²) >= 11 is 2.23. The average Bonchev–Trinajstić information content (AvgIpc) is 2.51. The fourth-order valence-electron chi connectivity index (χ4n) is 4.38. The van der Waals surface area contributed by atoms with E-state index in [1.807, 2.05) is 0 Å². The van der Waals surface area contributed by atoms with Crippen molar-refractivity contribution in [2.24, 2.45) is 16.2 Å². The van der Waals surface area contributed by atoms with E-state index in [0.717, 1.165) is 32.1 Å². The summed E-state index contributed by atoms with van der Waals surface area (Å²) in [4.78, 5) is 0. The third kappa shape index (κ3) is 19.5. The minimum absolute atomic E-state index is 0.417. The Morgan fingerprint density at radius 3 is 1.32 bits per heavy atom. The van der Waals surface area contributed by atoms with Gasteiger partial charge in [-0.1, -0.05) is 89.5 Å². The van der Waals surface area contributed by atoms with Crippen LogP contribution in [0.2, 0.25) is 0 Å². The maximum absolute atomic E-state index is 9.53. The van der Waals surface area contributed by atoms with E-state index in [1.165, 1.54) is 25.7 Å². The Morgan fingerprint density at radius 1 is 0.774 bits per heavy atom. The molecular weight excluding hydrogens is 454 g/mol. The van der Waals surface area contributed by atoms with E-state index in [2.05, 4.69) is 89.2 Å². The molecule has 3 atom stereocenters. The third-order valence-electron chi connectivity index (χ3n) is 5.48. The van der Waals surface area contributed by atoms with Crippen molar-refractivity contribution in [3.8, 4) is 0 Å². The van der Waals surface area contributed by atoms with Crippen LogP contribution in [0.25, 0.3) is 0 Å². The van der Waals surface area contributed by atoms with Crippen molar-refractivity contribution < 1.29 is 30.1 Å². The molecule has 0 bridgehead atoms. The van der Waals surface area contributed by atoms with Crippen LogP contribution in [0.15, 0.2) is 0 Å². The summed E-state index contributed by atoms with van der Waals surface area (Å²) in [6, 6.07) is 0. The van der Waals surface area contributed by atoms with Crippen LogP contribution in [-0.2, 0) is 19.9 Å². The molecule has 5 heteroatoms. The summed E-state index contributed by atoms with van der Waals surface area (Å²) in [6.07, 6.45) is 4.97. The summed E-state index contributed by atoms with van der Waals surface area (Å²) in [5.41, 5.74) is 4.14. The Bertz CT molecular complexity index is 385. The molecule has 0 aromatic heterocycles. The molecule has 187 valence electrons. The van der Waals surface area contributed by atoms with Gasteiger partial charge in [0, 0.05) is 0 Å². The van der Waals surface area contributed by atoms with Crippen LogP contribution >= 0.6 is 15.2 Å². The van der Waals surface area contributed by atoms with Crippen molar-refractivity contribution >= 4 is 15.2 Å². The molecule has 0 amide bonds. The molecule has 3 unspecified atom stereocenters. The zero-order chi connectivity index (χ0) is 25.6. The molecule has 1 fully saturated rings. The van der Waals surface area contributed by atoms with Crippen molar-refractivity contribution in [3.63, 3.8) is 0 Å². The minimum atomic E-state index is -0.417. The molecule has 1 saturated carbocycles. The molecule has 0 aliphatic heterocycles. The first-order valence-corrected chi connectivity index (χ1v) is 16.8. The second-order valence-electron chi connectivity index (χ2n) is 12.1. The van der Waals surface area contributed by atoms with Crippen molar-refractivity contribution in [1.29, 1.82) is 0 Å². The quantitative estimate of drug-likeness (QED) is 0.299. The Labute approximate surface area is 212 Å². The van der Waals surface area contributed by atoms with Gasteiger partial charge in [0.1, 0.15) is 0 Å². The monoisotopic (exact) mass is 511 g/mol. The summed E-state index contributed by atoms with van der Waals surface area (Å²) < 4.78 is 0. The van der Waals surface area contributed by atoms with E-state index in [4.69, 9.17) is 0 Å². The van der Waals surface area contributed by atoms with Gasteiger partial charge >= 0.3 is 46.0 Å². The van der Waals surface area contributed by atoms with Gasteiger partial charge < -0.3 is 10.2 Å². The molecule has 2 nitrogen and oxygen atoms in total. The molecule has 0 aromatic carbocycles. The van der Waals surface area contributed by atoms with Gasteiger partial charge in [0.2, 0.25) is 0 Å². The maximum atomic E-state index is 9.53. The second kappa shape index (κ2) is 17.9. The topological polar surface area (TPSA) is 46.1 Å². The van der Waals surface area contributed by atoms with E-state index < -0.39 is 12.2 Å². The molecule has 1 aliphatic rings. The number of hydrogen-bond donors (Lipinski definition) is 0. The zero-order valence-corrected chi connectivity index (χ0v) is 27.1. The van der Waals surface area contributed by atoms with Crippen LogP contribution in [0.4, 0.5) is 0 Å². The molecule has 1 aliphatic carbocycles. The summed E-state index contributed by atoms with van der Waals surface area (Å²) in [6.45, 7) is 31.6. The van der Waals surface area contributed by atoms with Crippen LogP contribution in [0.1, 0.15) is 123 Å². The summed E-state index contributed by atoms with van der Waals surface area (Å²) in [5, 5.41) is 19.1. The number of hydrogen-bond acceptors (Lipinski definition) is 2. The summed E-state index contributed by atoms with van der Waals surface area (Å²) in [5.74, 6) is 0. The molecule has 0 N–H and O–H groups in total. The molecule has 0 spiro atoms. The van der Waals surface area contributed by atoms with Gasteiger partial charge in [-0.25, -0.2) is 0 Å². The van der Waals surface area contributed by atoms with Crippen LogP contribution in [-0.4, -0.2) is 29.2 Å². The standard InChI is InChI=1S/C17H35P.2C3H7O.C3H8P.Ti/c1-13(2)18-14-10-9-11-17(12-14,15(3,4)5)16(6,7)8;3*1-3(2)4;/h13-14,18H,9-12H2,1-8H3;2*3H,1-2H3;3-4H,1-2H3;/q;3*-1;+3. The second-order valence-corrected chi connectivity index (χ2v) is 17.2. The normalized spacial score (nSPS) is 19.5. The molecule has 0 aromatic rings. The first-order chi connectivity index (χ1) is 13.7. The van der Waals surface area contributed by atoms with Crippen molar-refractivity contribution in [1.82, 2.24) is 0 Å². The van der Waals surface area contributed by atoms with Crippen LogP contribution in [0.3, 0.4) is 0 Å². The SMILES string of the molecule is CC(C)PC1CCCC(C(C)(C)C)(C(C)(C)C)C1.CC(C)[O-].CC(C)[O-].CC(C)[PH][Ti+2]. The molecular formula is C26H57O2P2Ti. The first-order valence-electron chi connectivity index (χ1n) is 12.2. The Kier molecular flexibility index (Phi) is 21.3. The van der Waals surface area contributed by atoms with Crippen molar-refractivity contribution in [2.45, 2.75) is 152 Å². The van der Waals surface area contributed by atoms with Gasteiger partial charge in [-0.3, -0.25) is 0 Å². The van der Waals surface area contributed by atoms with Crippen LogP contribution in [0, 0.1) is 16.2 Å². The van der Waals surface area contributed by atoms with E-state index in [1.54, 1.807) is 27.7 Å². The predicted octanol–water partition coefficient (Wildman–Crippen LogP) is 7.14.